The number of halogens is 2. The second kappa shape index (κ2) is 11.2. The third-order valence-electron chi connectivity index (χ3n) is 6.75. The summed E-state index contributed by atoms with van der Waals surface area (Å²) >= 11 is 6.45. The second-order valence-corrected chi connectivity index (χ2v) is 9.69. The quantitative estimate of drug-likeness (QED) is 0.454. The summed E-state index contributed by atoms with van der Waals surface area (Å²) in [6.45, 7) is 0. The van der Waals surface area contributed by atoms with Crippen molar-refractivity contribution in [2.45, 2.75) is 50.2 Å². The zero-order chi connectivity index (χ0) is 25.8. The minimum absolute atomic E-state index is 0.00266. The Labute approximate surface area is 213 Å². The number of amides is 1. The van der Waals surface area contributed by atoms with Crippen LogP contribution in [0, 0.1) is 5.82 Å². The van der Waals surface area contributed by atoms with Crippen molar-refractivity contribution in [2.75, 3.05) is 0 Å². The minimum atomic E-state index is -0.688. The van der Waals surface area contributed by atoms with Gasteiger partial charge in [-0.3, -0.25) is 14.4 Å². The highest BCUT2D eigenvalue weighted by atomic mass is 35.5. The topological polar surface area (TPSA) is 88.4 Å². The molecule has 0 bridgehead atoms. The van der Waals surface area contributed by atoms with E-state index in [1.807, 2.05) is 0 Å². The monoisotopic (exact) mass is 510 g/mol. The van der Waals surface area contributed by atoms with Crippen LogP contribution in [0.2, 0.25) is 5.02 Å². The molecule has 1 saturated carbocycles. The van der Waals surface area contributed by atoms with E-state index in [9.17, 15) is 19.5 Å². The molecular formula is C28H28ClFN2O4. The number of carbonyl (C=O) groups excluding carboxylic acids is 2. The molecule has 36 heavy (non-hydrogen) atoms. The van der Waals surface area contributed by atoms with Crippen LogP contribution in [0.25, 0.3) is 0 Å². The van der Waals surface area contributed by atoms with Crippen molar-refractivity contribution in [2.24, 2.45) is 7.05 Å². The molecule has 1 aromatic heterocycles. The van der Waals surface area contributed by atoms with Crippen LogP contribution in [-0.4, -0.2) is 33.5 Å². The molecule has 188 valence electrons. The van der Waals surface area contributed by atoms with Crippen molar-refractivity contribution in [1.29, 1.82) is 0 Å². The molecule has 1 aliphatic carbocycles. The first-order chi connectivity index (χ1) is 17.2. The van der Waals surface area contributed by atoms with Crippen molar-refractivity contribution in [3.05, 3.63) is 104 Å². The third kappa shape index (κ3) is 5.91. The van der Waals surface area contributed by atoms with E-state index in [1.165, 1.54) is 35.0 Å². The molecule has 0 saturated heterocycles. The molecule has 0 aliphatic heterocycles. The zero-order valence-electron chi connectivity index (χ0n) is 19.9. The number of aliphatic hydroxyl groups excluding tert-OH is 1. The van der Waals surface area contributed by atoms with E-state index in [-0.39, 0.29) is 35.5 Å². The van der Waals surface area contributed by atoms with Crippen molar-refractivity contribution < 1.29 is 19.1 Å². The maximum absolute atomic E-state index is 15.2. The first kappa shape index (κ1) is 25.8. The van der Waals surface area contributed by atoms with Crippen LogP contribution in [0.4, 0.5) is 4.39 Å². The number of aliphatic hydroxyl groups is 1. The Morgan fingerprint density at radius 3 is 2.50 bits per heavy atom. The van der Waals surface area contributed by atoms with E-state index in [0.29, 0.717) is 47.4 Å². The van der Waals surface area contributed by atoms with Gasteiger partial charge in [-0.25, -0.2) is 4.39 Å². The van der Waals surface area contributed by atoms with Gasteiger partial charge in [0.2, 0.25) is 5.56 Å². The first-order valence-electron chi connectivity index (χ1n) is 12.0. The first-order valence-corrected chi connectivity index (χ1v) is 12.3. The maximum Gasteiger partial charge on any atom is 0.254 e. The Balaban J connectivity index is 1.61. The number of rotatable bonds is 7. The number of nitrogens with one attached hydrogen (secondary N) is 1. The van der Waals surface area contributed by atoms with Crippen LogP contribution in [-0.2, 0) is 7.05 Å². The molecule has 1 amide bonds. The highest BCUT2D eigenvalue weighted by Crippen LogP contribution is 2.34. The van der Waals surface area contributed by atoms with Crippen molar-refractivity contribution in [1.82, 2.24) is 9.88 Å². The zero-order valence-corrected chi connectivity index (χ0v) is 20.7. The second-order valence-electron chi connectivity index (χ2n) is 9.29. The number of benzene rings is 2. The smallest absolute Gasteiger partial charge is 0.254 e. The van der Waals surface area contributed by atoms with Crippen LogP contribution < -0.4 is 10.9 Å². The van der Waals surface area contributed by atoms with E-state index < -0.39 is 17.6 Å². The molecule has 0 spiro atoms. The maximum atomic E-state index is 15.2. The van der Waals surface area contributed by atoms with Crippen LogP contribution >= 0.6 is 11.6 Å². The minimum Gasteiger partial charge on any atom is -0.393 e. The molecule has 8 heteroatoms. The van der Waals surface area contributed by atoms with Crippen LogP contribution in [0.1, 0.15) is 69.9 Å². The van der Waals surface area contributed by atoms with Gasteiger partial charge in [-0.1, -0.05) is 35.9 Å². The summed E-state index contributed by atoms with van der Waals surface area (Å²) in [6, 6.07) is 14.1. The fourth-order valence-corrected chi connectivity index (χ4v) is 4.91. The Morgan fingerprint density at radius 2 is 1.83 bits per heavy atom. The fraction of sp³-hybridized carbons (Fsp3) is 0.321. The molecular weight excluding hydrogens is 483 g/mol. The Morgan fingerprint density at radius 1 is 1.11 bits per heavy atom. The van der Waals surface area contributed by atoms with Gasteiger partial charge in [0.25, 0.3) is 5.91 Å². The molecule has 1 aliphatic rings. The van der Waals surface area contributed by atoms with E-state index >= 15 is 4.39 Å². The third-order valence-corrected chi connectivity index (χ3v) is 7.09. The summed E-state index contributed by atoms with van der Waals surface area (Å²) in [5.74, 6) is -1.98. The lowest BCUT2D eigenvalue weighted by Crippen LogP contribution is -2.38. The van der Waals surface area contributed by atoms with Gasteiger partial charge in [-0.15, -0.1) is 0 Å². The number of ketones is 1. The molecule has 3 aromatic rings. The number of hydrogen-bond acceptors (Lipinski definition) is 4. The SMILES string of the molecule is Cn1cc(C(=O)CC(c2ccc(C(=O)NC3CCC(O)CC3)c(F)c2)c2ccccc2Cl)ccc1=O. The van der Waals surface area contributed by atoms with Crippen LogP contribution in [0.15, 0.2) is 65.6 Å². The molecule has 1 unspecified atom stereocenters. The van der Waals surface area contributed by atoms with Crippen molar-refractivity contribution >= 4 is 23.3 Å². The fourth-order valence-electron chi connectivity index (χ4n) is 4.64. The molecule has 2 aromatic carbocycles. The van der Waals surface area contributed by atoms with Crippen LogP contribution in [0.5, 0.6) is 0 Å². The number of hydrogen-bond donors (Lipinski definition) is 2. The number of pyridine rings is 1. The molecule has 1 atom stereocenters. The molecule has 6 nitrogen and oxygen atoms in total. The average Bonchev–Trinajstić information content (AvgIpc) is 2.86. The molecule has 4 rings (SSSR count). The lowest BCUT2D eigenvalue weighted by Gasteiger charge is -2.26. The summed E-state index contributed by atoms with van der Waals surface area (Å²) < 4.78 is 16.5. The number of Topliss-reactive ketones (excluding diaryl/α,β-unsaturated/α-hetero) is 1. The van der Waals surface area contributed by atoms with Gasteiger partial charge in [0, 0.05) is 48.3 Å². The summed E-state index contributed by atoms with van der Waals surface area (Å²) in [7, 11) is 1.57. The largest absolute Gasteiger partial charge is 0.393 e. The summed E-state index contributed by atoms with van der Waals surface area (Å²) in [5, 5.41) is 13.0. The van der Waals surface area contributed by atoms with Crippen LogP contribution in [0.3, 0.4) is 0 Å². The summed E-state index contributed by atoms with van der Waals surface area (Å²) in [6.07, 6.45) is 3.64. The van der Waals surface area contributed by atoms with Gasteiger partial charge < -0.3 is 15.0 Å². The van der Waals surface area contributed by atoms with Crippen molar-refractivity contribution in [3.8, 4) is 0 Å². The highest BCUT2D eigenvalue weighted by Gasteiger charge is 2.25. The Bertz CT molecular complexity index is 1330. The van der Waals surface area contributed by atoms with E-state index in [0.717, 1.165) is 0 Å². The predicted molar refractivity (Wildman–Crippen MR) is 136 cm³/mol. The van der Waals surface area contributed by atoms with Gasteiger partial charge in [0.05, 0.1) is 11.7 Å². The molecule has 0 radical (unpaired) electrons. The van der Waals surface area contributed by atoms with Gasteiger partial charge in [0.15, 0.2) is 5.78 Å². The average molecular weight is 511 g/mol. The van der Waals surface area contributed by atoms with Gasteiger partial charge >= 0.3 is 0 Å². The van der Waals surface area contributed by atoms with Gasteiger partial charge in [0.1, 0.15) is 5.82 Å². The van der Waals surface area contributed by atoms with E-state index in [2.05, 4.69) is 5.32 Å². The Hall–Kier alpha value is -3.29. The molecule has 2 N–H and O–H groups in total. The lowest BCUT2D eigenvalue weighted by atomic mass is 9.85. The number of nitrogens with zero attached hydrogens (tertiary/aromatic N) is 1. The number of aromatic nitrogens is 1. The number of aryl methyl sites for hydroxylation is 1. The molecule has 1 heterocycles. The van der Waals surface area contributed by atoms with Gasteiger partial charge in [-0.05, 0) is 61.1 Å². The lowest BCUT2D eigenvalue weighted by molar-refractivity contribution is 0.0863. The summed E-state index contributed by atoms with van der Waals surface area (Å²) in [5.41, 5.74) is 1.23. The summed E-state index contributed by atoms with van der Waals surface area (Å²) in [4.78, 5) is 37.6. The van der Waals surface area contributed by atoms with Gasteiger partial charge in [-0.2, -0.15) is 0 Å². The normalized spacial score (nSPS) is 18.4. The number of carbonyl (C=O) groups is 2. The molecule has 1 fully saturated rings. The predicted octanol–water partition coefficient (Wildman–Crippen LogP) is 4.62. The van der Waals surface area contributed by atoms with E-state index in [1.54, 1.807) is 37.4 Å². The van der Waals surface area contributed by atoms with Crippen molar-refractivity contribution in [3.63, 3.8) is 0 Å². The van der Waals surface area contributed by atoms with E-state index in [4.69, 9.17) is 11.6 Å². The Kier molecular flexibility index (Phi) is 8.01. The highest BCUT2D eigenvalue weighted by molar-refractivity contribution is 6.31. The standard InChI is InChI=1S/C28H28ClFN2O4/c1-32-16-18(7-13-27(32)35)26(34)15-23(21-4-2-3-5-24(21)29)17-6-12-22(25(30)14-17)28(36)31-19-8-10-20(33)11-9-19/h2-7,12-14,16,19-20,23,33H,8-11,15H2,1H3,(H,31,36).